The number of aryl methyl sites for hydroxylation is 2. The van der Waals surface area contributed by atoms with E-state index in [1.807, 2.05) is 45.0 Å². The Morgan fingerprint density at radius 1 is 1.29 bits per heavy atom. The molecule has 24 heavy (non-hydrogen) atoms. The fourth-order valence-electron chi connectivity index (χ4n) is 2.29. The van der Waals surface area contributed by atoms with Gasteiger partial charge in [-0.25, -0.2) is 4.98 Å². The third kappa shape index (κ3) is 3.59. The van der Waals surface area contributed by atoms with Crippen LogP contribution in [0.25, 0.3) is 11.2 Å². The lowest BCUT2D eigenvalue weighted by atomic mass is 10.1. The number of carbonyl (C=O) groups excluding carboxylic acids is 1. The molecule has 124 valence electrons. The quantitative estimate of drug-likeness (QED) is 0.699. The number of hydrogen-bond donors (Lipinski definition) is 1. The molecular formula is C18H19N3O2S. The van der Waals surface area contributed by atoms with Crippen LogP contribution in [0.1, 0.15) is 24.5 Å². The van der Waals surface area contributed by atoms with E-state index in [2.05, 4.69) is 15.3 Å². The first kappa shape index (κ1) is 16.5. The van der Waals surface area contributed by atoms with Gasteiger partial charge in [-0.3, -0.25) is 4.79 Å². The number of carbonyl (C=O) groups is 1. The van der Waals surface area contributed by atoms with Crippen LogP contribution in [0, 0.1) is 13.8 Å². The minimum atomic E-state index is -0.278. The van der Waals surface area contributed by atoms with Crippen molar-refractivity contribution in [3.8, 4) is 0 Å². The zero-order valence-corrected chi connectivity index (χ0v) is 14.7. The van der Waals surface area contributed by atoms with Gasteiger partial charge in [-0.05, 0) is 55.7 Å². The minimum Gasteiger partial charge on any atom is -0.430 e. The fraction of sp³-hybridized carbons (Fsp3) is 0.278. The van der Waals surface area contributed by atoms with E-state index >= 15 is 0 Å². The molecule has 2 aromatic heterocycles. The summed E-state index contributed by atoms with van der Waals surface area (Å²) in [5, 5.41) is 3.16. The number of nitrogens with zero attached hydrogens (tertiary/aromatic N) is 2. The molecule has 1 aromatic carbocycles. The lowest BCUT2D eigenvalue weighted by Crippen LogP contribution is -2.24. The van der Waals surface area contributed by atoms with Crippen molar-refractivity contribution in [2.45, 2.75) is 37.7 Å². The Labute approximate surface area is 144 Å². The molecule has 3 aromatic rings. The van der Waals surface area contributed by atoms with Gasteiger partial charge in [0.15, 0.2) is 11.2 Å². The number of hydrogen-bond acceptors (Lipinski definition) is 5. The number of anilines is 1. The molecule has 0 spiro atoms. The first-order chi connectivity index (χ1) is 11.6. The number of aromatic nitrogens is 2. The molecule has 1 N–H and O–H groups in total. The molecule has 0 saturated heterocycles. The van der Waals surface area contributed by atoms with Gasteiger partial charge < -0.3 is 9.73 Å². The van der Waals surface area contributed by atoms with Gasteiger partial charge in [-0.1, -0.05) is 24.8 Å². The molecular weight excluding hydrogens is 322 g/mol. The lowest BCUT2D eigenvalue weighted by molar-refractivity contribution is -0.115. The van der Waals surface area contributed by atoms with Crippen molar-refractivity contribution in [2.75, 3.05) is 5.32 Å². The minimum absolute atomic E-state index is 0.0547. The van der Waals surface area contributed by atoms with Crippen LogP contribution >= 0.6 is 11.8 Å². The second-order valence-electron chi connectivity index (χ2n) is 5.61. The van der Waals surface area contributed by atoms with Crippen molar-refractivity contribution in [3.63, 3.8) is 0 Å². The van der Waals surface area contributed by atoms with Gasteiger partial charge in [0.25, 0.3) is 5.22 Å². The van der Waals surface area contributed by atoms with Gasteiger partial charge in [0, 0.05) is 11.9 Å². The van der Waals surface area contributed by atoms with Crippen molar-refractivity contribution in [2.24, 2.45) is 0 Å². The number of amides is 1. The number of pyridine rings is 1. The Morgan fingerprint density at radius 3 is 2.83 bits per heavy atom. The maximum atomic E-state index is 12.5. The molecule has 0 aliphatic heterocycles. The molecule has 1 amide bonds. The average molecular weight is 341 g/mol. The van der Waals surface area contributed by atoms with Crippen molar-refractivity contribution >= 4 is 34.6 Å². The number of oxazole rings is 1. The third-order valence-corrected chi connectivity index (χ3v) is 5.03. The van der Waals surface area contributed by atoms with Gasteiger partial charge in [0.05, 0.1) is 5.25 Å². The number of nitrogens with one attached hydrogen (secondary N) is 1. The molecule has 0 aliphatic rings. The van der Waals surface area contributed by atoms with E-state index < -0.39 is 0 Å². The Hall–Kier alpha value is -2.34. The zero-order valence-electron chi connectivity index (χ0n) is 13.9. The molecule has 3 rings (SSSR count). The number of thioether (sulfide) groups is 1. The Bertz CT molecular complexity index is 843. The van der Waals surface area contributed by atoms with E-state index in [-0.39, 0.29) is 11.2 Å². The zero-order chi connectivity index (χ0) is 17.1. The summed E-state index contributed by atoms with van der Waals surface area (Å²) in [6, 6.07) is 9.52. The Kier molecular flexibility index (Phi) is 4.85. The molecule has 1 atom stereocenters. The molecule has 0 bridgehead atoms. The predicted molar refractivity (Wildman–Crippen MR) is 96.3 cm³/mol. The van der Waals surface area contributed by atoms with Gasteiger partial charge in [0.1, 0.15) is 0 Å². The second-order valence-corrected chi connectivity index (χ2v) is 6.76. The Morgan fingerprint density at radius 2 is 2.12 bits per heavy atom. The van der Waals surface area contributed by atoms with Crippen molar-refractivity contribution in [1.82, 2.24) is 9.97 Å². The van der Waals surface area contributed by atoms with E-state index in [0.717, 1.165) is 11.3 Å². The van der Waals surface area contributed by atoms with Crippen LogP contribution in [0.3, 0.4) is 0 Å². The maximum absolute atomic E-state index is 12.5. The monoisotopic (exact) mass is 341 g/mol. The van der Waals surface area contributed by atoms with Gasteiger partial charge in [0.2, 0.25) is 5.91 Å². The van der Waals surface area contributed by atoms with Crippen LogP contribution in [0.2, 0.25) is 0 Å². The molecule has 1 unspecified atom stereocenters. The second kappa shape index (κ2) is 7.05. The Balaban J connectivity index is 1.72. The van der Waals surface area contributed by atoms with Crippen molar-refractivity contribution in [3.05, 3.63) is 47.7 Å². The molecule has 5 nitrogen and oxygen atoms in total. The van der Waals surface area contributed by atoms with E-state index in [9.17, 15) is 4.79 Å². The van der Waals surface area contributed by atoms with E-state index in [1.54, 1.807) is 12.3 Å². The number of benzene rings is 1. The molecule has 0 saturated carbocycles. The van der Waals surface area contributed by atoms with Crippen LogP contribution in [0.15, 0.2) is 46.2 Å². The van der Waals surface area contributed by atoms with Crippen LogP contribution < -0.4 is 5.32 Å². The number of fused-ring (bicyclic) bond motifs is 1. The van der Waals surface area contributed by atoms with Gasteiger partial charge in [-0.15, -0.1) is 0 Å². The molecule has 0 fully saturated rings. The molecule has 0 radical (unpaired) electrons. The number of rotatable bonds is 5. The smallest absolute Gasteiger partial charge is 0.259 e. The highest BCUT2D eigenvalue weighted by Gasteiger charge is 2.21. The van der Waals surface area contributed by atoms with Crippen LogP contribution in [0.4, 0.5) is 5.69 Å². The summed E-state index contributed by atoms with van der Waals surface area (Å²) >= 11 is 1.32. The van der Waals surface area contributed by atoms with E-state index in [4.69, 9.17) is 4.42 Å². The molecule has 2 heterocycles. The normalized spacial score (nSPS) is 12.3. The van der Waals surface area contributed by atoms with Gasteiger partial charge >= 0.3 is 0 Å². The van der Waals surface area contributed by atoms with Gasteiger partial charge in [-0.2, -0.15) is 4.98 Å². The highest BCUT2D eigenvalue weighted by atomic mass is 32.2. The fourth-order valence-corrected chi connectivity index (χ4v) is 3.14. The highest BCUT2D eigenvalue weighted by Crippen LogP contribution is 2.28. The first-order valence-electron chi connectivity index (χ1n) is 7.83. The SMILES string of the molecule is CCC(Sc1nc2ncccc2o1)C(=O)Nc1ccc(C)c(C)c1. The van der Waals surface area contributed by atoms with E-state index in [1.165, 1.54) is 17.3 Å². The van der Waals surface area contributed by atoms with Crippen molar-refractivity contribution < 1.29 is 9.21 Å². The standard InChI is InChI=1S/C18H19N3O2S/c1-4-15(17(22)20-13-8-7-11(2)12(3)10-13)24-18-21-16-14(23-18)6-5-9-19-16/h5-10,15H,4H2,1-3H3,(H,20,22). The average Bonchev–Trinajstić information content (AvgIpc) is 2.98. The lowest BCUT2D eigenvalue weighted by Gasteiger charge is -2.13. The molecule has 0 aliphatic carbocycles. The summed E-state index contributed by atoms with van der Waals surface area (Å²) in [7, 11) is 0. The summed E-state index contributed by atoms with van der Waals surface area (Å²) in [6.45, 7) is 6.05. The largest absolute Gasteiger partial charge is 0.430 e. The predicted octanol–water partition coefficient (Wildman–Crippen LogP) is 4.35. The van der Waals surface area contributed by atoms with Crippen molar-refractivity contribution in [1.29, 1.82) is 0 Å². The summed E-state index contributed by atoms with van der Waals surface area (Å²) in [5.74, 6) is -0.0547. The van der Waals surface area contributed by atoms with E-state index in [0.29, 0.717) is 22.9 Å². The summed E-state index contributed by atoms with van der Waals surface area (Å²) in [4.78, 5) is 21.0. The highest BCUT2D eigenvalue weighted by molar-refractivity contribution is 8.00. The summed E-state index contributed by atoms with van der Waals surface area (Å²) in [5.41, 5.74) is 4.35. The van der Waals surface area contributed by atoms with Crippen LogP contribution in [-0.4, -0.2) is 21.1 Å². The molecule has 6 heteroatoms. The third-order valence-electron chi connectivity index (χ3n) is 3.83. The first-order valence-corrected chi connectivity index (χ1v) is 8.71. The topological polar surface area (TPSA) is 68.0 Å². The summed E-state index contributed by atoms with van der Waals surface area (Å²) in [6.07, 6.45) is 2.34. The van der Waals surface area contributed by atoms with Crippen LogP contribution in [-0.2, 0) is 4.79 Å². The van der Waals surface area contributed by atoms with Crippen LogP contribution in [0.5, 0.6) is 0 Å². The summed E-state index contributed by atoms with van der Waals surface area (Å²) < 4.78 is 5.64. The maximum Gasteiger partial charge on any atom is 0.259 e.